The number of carbonyl (C=O) groups is 2. The topological polar surface area (TPSA) is 52.6 Å². The summed E-state index contributed by atoms with van der Waals surface area (Å²) in [6.07, 6.45) is 0.726. The van der Waals surface area contributed by atoms with Crippen LogP contribution in [0.1, 0.15) is 61.3 Å². The number of hydrogen-bond donors (Lipinski definition) is 0. The molecule has 160 valence electrons. The number of hydrogen-bond acceptors (Lipinski definition) is 4. The third kappa shape index (κ3) is 5.64. The number of benzene rings is 2. The van der Waals surface area contributed by atoms with Crippen LogP contribution in [0.4, 0.5) is 0 Å². The number of carbonyl (C=O) groups excluding carboxylic acids is 2. The molecule has 0 amide bonds. The van der Waals surface area contributed by atoms with Crippen LogP contribution in [0.3, 0.4) is 0 Å². The van der Waals surface area contributed by atoms with Gasteiger partial charge in [0.2, 0.25) is 0 Å². The molecule has 0 fully saturated rings. The summed E-state index contributed by atoms with van der Waals surface area (Å²) in [5.74, 6) is 5.55. The van der Waals surface area contributed by atoms with E-state index in [1.165, 1.54) is 0 Å². The molecular weight excluding hydrogens is 388 g/mol. The van der Waals surface area contributed by atoms with Crippen molar-refractivity contribution in [2.75, 3.05) is 0 Å². The van der Waals surface area contributed by atoms with Crippen LogP contribution in [0.25, 0.3) is 0 Å². The SMILES string of the molecule is CC1=C(C#CC(C)OC(=O)c2ccccc2)C(C)(C)CCC1OC(=O)c1ccccc1. The molecule has 0 N–H and O–H groups in total. The minimum atomic E-state index is -0.559. The number of esters is 2. The first-order valence-electron chi connectivity index (χ1n) is 10.5. The predicted molar refractivity (Wildman–Crippen MR) is 120 cm³/mol. The highest BCUT2D eigenvalue weighted by Crippen LogP contribution is 2.41. The zero-order valence-corrected chi connectivity index (χ0v) is 18.5. The van der Waals surface area contributed by atoms with Crippen LogP contribution in [0.5, 0.6) is 0 Å². The Labute approximate surface area is 184 Å². The van der Waals surface area contributed by atoms with Crippen molar-refractivity contribution in [1.82, 2.24) is 0 Å². The Bertz CT molecular complexity index is 1020. The van der Waals surface area contributed by atoms with Crippen LogP contribution in [0.15, 0.2) is 71.8 Å². The van der Waals surface area contributed by atoms with Gasteiger partial charge in [0.1, 0.15) is 6.10 Å². The Balaban J connectivity index is 1.75. The van der Waals surface area contributed by atoms with Gasteiger partial charge in [0.15, 0.2) is 6.10 Å². The molecule has 3 rings (SSSR count). The molecule has 0 saturated carbocycles. The third-order valence-electron chi connectivity index (χ3n) is 5.54. The van der Waals surface area contributed by atoms with Gasteiger partial charge in [0, 0.05) is 5.57 Å². The highest BCUT2D eigenvalue weighted by atomic mass is 16.5. The van der Waals surface area contributed by atoms with Gasteiger partial charge in [-0.25, -0.2) is 9.59 Å². The maximum absolute atomic E-state index is 12.5. The summed E-state index contributed by atoms with van der Waals surface area (Å²) >= 11 is 0. The maximum Gasteiger partial charge on any atom is 0.339 e. The van der Waals surface area contributed by atoms with Crippen molar-refractivity contribution in [3.63, 3.8) is 0 Å². The number of rotatable bonds is 4. The molecule has 2 atom stereocenters. The van der Waals surface area contributed by atoms with Gasteiger partial charge in [0.25, 0.3) is 0 Å². The quantitative estimate of drug-likeness (QED) is 0.481. The minimum Gasteiger partial charge on any atom is -0.454 e. The largest absolute Gasteiger partial charge is 0.454 e. The van der Waals surface area contributed by atoms with Gasteiger partial charge in [-0.15, -0.1) is 0 Å². The van der Waals surface area contributed by atoms with Crippen molar-refractivity contribution < 1.29 is 19.1 Å². The summed E-state index contributed by atoms with van der Waals surface area (Å²) in [6, 6.07) is 17.9. The van der Waals surface area contributed by atoms with Crippen molar-refractivity contribution >= 4 is 11.9 Å². The number of ether oxygens (including phenoxy) is 2. The molecule has 0 saturated heterocycles. The second-order valence-electron chi connectivity index (χ2n) is 8.42. The molecular formula is C27H28O4. The molecule has 2 aromatic carbocycles. The Kier molecular flexibility index (Phi) is 6.97. The van der Waals surface area contributed by atoms with Crippen LogP contribution in [0.2, 0.25) is 0 Å². The maximum atomic E-state index is 12.5. The van der Waals surface area contributed by atoms with E-state index in [2.05, 4.69) is 25.7 Å². The Morgan fingerprint density at radius 1 is 0.968 bits per heavy atom. The van der Waals surface area contributed by atoms with E-state index in [-0.39, 0.29) is 17.5 Å². The van der Waals surface area contributed by atoms with Gasteiger partial charge >= 0.3 is 11.9 Å². The van der Waals surface area contributed by atoms with Crippen molar-refractivity contribution in [2.24, 2.45) is 5.41 Å². The van der Waals surface area contributed by atoms with E-state index >= 15 is 0 Å². The molecule has 0 aliphatic heterocycles. The Hall–Kier alpha value is -3.32. The highest BCUT2D eigenvalue weighted by Gasteiger charge is 2.34. The van der Waals surface area contributed by atoms with Gasteiger partial charge in [-0.3, -0.25) is 0 Å². The molecule has 1 aliphatic rings. The first-order chi connectivity index (χ1) is 14.8. The normalized spacial score (nSPS) is 18.4. The lowest BCUT2D eigenvalue weighted by atomic mass is 9.72. The lowest BCUT2D eigenvalue weighted by molar-refractivity contribution is 0.0313. The first-order valence-corrected chi connectivity index (χ1v) is 10.5. The fourth-order valence-electron chi connectivity index (χ4n) is 3.72. The van der Waals surface area contributed by atoms with E-state index in [0.29, 0.717) is 11.1 Å². The van der Waals surface area contributed by atoms with Crippen LogP contribution >= 0.6 is 0 Å². The van der Waals surface area contributed by atoms with E-state index in [0.717, 1.165) is 24.0 Å². The van der Waals surface area contributed by atoms with Gasteiger partial charge in [-0.1, -0.05) is 62.1 Å². The fourth-order valence-corrected chi connectivity index (χ4v) is 3.72. The molecule has 4 nitrogen and oxygen atoms in total. The summed E-state index contributed by atoms with van der Waals surface area (Å²) in [5.41, 5.74) is 2.78. The van der Waals surface area contributed by atoms with E-state index < -0.39 is 12.1 Å². The minimum absolute atomic E-state index is 0.143. The summed E-state index contributed by atoms with van der Waals surface area (Å²) in [5, 5.41) is 0. The average molecular weight is 417 g/mol. The lowest BCUT2D eigenvalue weighted by Gasteiger charge is -2.35. The zero-order valence-electron chi connectivity index (χ0n) is 18.5. The lowest BCUT2D eigenvalue weighted by Crippen LogP contribution is -2.31. The van der Waals surface area contributed by atoms with E-state index in [4.69, 9.17) is 9.47 Å². The van der Waals surface area contributed by atoms with Gasteiger partial charge in [-0.05, 0) is 61.9 Å². The van der Waals surface area contributed by atoms with Crippen molar-refractivity contribution in [3.05, 3.63) is 82.9 Å². The molecule has 0 aromatic heterocycles. The smallest absolute Gasteiger partial charge is 0.339 e. The van der Waals surface area contributed by atoms with E-state index in [1.807, 2.05) is 31.2 Å². The average Bonchev–Trinajstić information content (AvgIpc) is 2.76. The predicted octanol–water partition coefficient (Wildman–Crippen LogP) is 5.60. The van der Waals surface area contributed by atoms with Crippen molar-refractivity contribution in [1.29, 1.82) is 0 Å². The van der Waals surface area contributed by atoms with Gasteiger partial charge < -0.3 is 9.47 Å². The second-order valence-corrected chi connectivity index (χ2v) is 8.42. The molecule has 2 aromatic rings. The standard InChI is InChI=1S/C27H28O4/c1-19(30-25(28)21-11-7-5-8-12-21)15-16-23-20(2)24(17-18-27(23,3)4)31-26(29)22-13-9-6-10-14-22/h5-14,19,24H,17-18H2,1-4H3. The molecule has 0 heterocycles. The summed E-state index contributed by atoms with van der Waals surface area (Å²) < 4.78 is 11.3. The van der Waals surface area contributed by atoms with Crippen LogP contribution in [0, 0.1) is 17.3 Å². The van der Waals surface area contributed by atoms with Gasteiger partial charge in [-0.2, -0.15) is 0 Å². The van der Waals surface area contributed by atoms with E-state index in [9.17, 15) is 9.59 Å². The molecule has 1 aliphatic carbocycles. The Morgan fingerprint density at radius 3 is 2.10 bits per heavy atom. The summed E-state index contributed by atoms with van der Waals surface area (Å²) in [6.45, 7) is 7.99. The van der Waals surface area contributed by atoms with Gasteiger partial charge in [0.05, 0.1) is 11.1 Å². The van der Waals surface area contributed by atoms with Crippen LogP contribution < -0.4 is 0 Å². The van der Waals surface area contributed by atoms with Crippen LogP contribution in [-0.4, -0.2) is 24.1 Å². The molecule has 0 spiro atoms. The summed E-state index contributed by atoms with van der Waals surface area (Å²) in [4.78, 5) is 24.8. The monoisotopic (exact) mass is 416 g/mol. The van der Waals surface area contributed by atoms with E-state index in [1.54, 1.807) is 43.3 Å². The highest BCUT2D eigenvalue weighted by molar-refractivity contribution is 5.90. The summed E-state index contributed by atoms with van der Waals surface area (Å²) in [7, 11) is 0. The second kappa shape index (κ2) is 9.66. The number of allylic oxidation sites excluding steroid dienone is 1. The van der Waals surface area contributed by atoms with Crippen LogP contribution in [-0.2, 0) is 9.47 Å². The third-order valence-corrected chi connectivity index (χ3v) is 5.54. The van der Waals surface area contributed by atoms with Crippen molar-refractivity contribution in [3.8, 4) is 11.8 Å². The first kappa shape index (κ1) is 22.4. The fraction of sp³-hybridized carbons (Fsp3) is 0.333. The Morgan fingerprint density at radius 2 is 1.52 bits per heavy atom. The molecule has 4 heteroatoms. The zero-order chi connectivity index (χ0) is 22.4. The molecule has 0 bridgehead atoms. The van der Waals surface area contributed by atoms with Crippen molar-refractivity contribution in [2.45, 2.75) is 52.7 Å². The molecule has 2 unspecified atom stereocenters. The molecule has 31 heavy (non-hydrogen) atoms. The molecule has 0 radical (unpaired) electrons.